The Morgan fingerprint density at radius 2 is 2.17 bits per heavy atom. The number of carbonyl (C=O) groups excluding carboxylic acids is 1. The highest BCUT2D eigenvalue weighted by Gasteiger charge is 2.39. The number of carboxylic acid groups (broad SMARTS) is 1. The number of nitrogens with one attached hydrogen (secondary N) is 1. The van der Waals surface area contributed by atoms with Gasteiger partial charge in [-0.2, -0.15) is 0 Å². The topological polar surface area (TPSA) is 66.4 Å². The highest BCUT2D eigenvalue weighted by molar-refractivity contribution is 5.80. The van der Waals surface area contributed by atoms with Crippen LogP contribution in [0.15, 0.2) is 12.2 Å². The summed E-state index contributed by atoms with van der Waals surface area (Å²) in [5.41, 5.74) is 0. The third kappa shape index (κ3) is 2.92. The van der Waals surface area contributed by atoms with Crippen molar-refractivity contribution in [3.63, 3.8) is 0 Å². The first kappa shape index (κ1) is 13.1. The van der Waals surface area contributed by atoms with Crippen molar-refractivity contribution >= 4 is 11.9 Å². The van der Waals surface area contributed by atoms with Gasteiger partial charge in [0.1, 0.15) is 0 Å². The standard InChI is InChI=1S/C14H21NO3/c1-2-9(7-13(16)17)8-15-14(18)12-6-10-3-4-11(12)5-10/h3-4,9-12H,2,5-8H2,1H3,(H,15,18)(H,16,17). The normalized spacial score (nSPS) is 30.4. The number of hydrogen-bond donors (Lipinski definition) is 2. The lowest BCUT2D eigenvalue weighted by Crippen LogP contribution is -2.36. The summed E-state index contributed by atoms with van der Waals surface area (Å²) >= 11 is 0. The Kier molecular flexibility index (Phi) is 4.04. The summed E-state index contributed by atoms with van der Waals surface area (Å²) in [4.78, 5) is 22.7. The maximum absolute atomic E-state index is 12.0. The minimum atomic E-state index is -0.793. The Morgan fingerprint density at radius 1 is 1.39 bits per heavy atom. The van der Waals surface area contributed by atoms with Gasteiger partial charge >= 0.3 is 5.97 Å². The zero-order chi connectivity index (χ0) is 13.1. The van der Waals surface area contributed by atoms with Crippen LogP contribution in [0, 0.1) is 23.7 Å². The maximum Gasteiger partial charge on any atom is 0.303 e. The number of fused-ring (bicyclic) bond motifs is 2. The van der Waals surface area contributed by atoms with E-state index < -0.39 is 5.97 Å². The highest BCUT2D eigenvalue weighted by Crippen LogP contribution is 2.43. The Morgan fingerprint density at radius 3 is 2.67 bits per heavy atom. The minimum absolute atomic E-state index is 0.0422. The van der Waals surface area contributed by atoms with E-state index in [4.69, 9.17) is 5.11 Å². The molecule has 2 N–H and O–H groups in total. The summed E-state index contributed by atoms with van der Waals surface area (Å²) < 4.78 is 0. The molecule has 2 rings (SSSR count). The summed E-state index contributed by atoms with van der Waals surface area (Å²) in [6, 6.07) is 0. The summed E-state index contributed by atoms with van der Waals surface area (Å²) in [7, 11) is 0. The van der Waals surface area contributed by atoms with Crippen molar-refractivity contribution in [2.45, 2.75) is 32.6 Å². The average molecular weight is 251 g/mol. The smallest absolute Gasteiger partial charge is 0.303 e. The van der Waals surface area contributed by atoms with Gasteiger partial charge < -0.3 is 10.4 Å². The molecule has 18 heavy (non-hydrogen) atoms. The molecular formula is C14H21NO3. The molecule has 1 fully saturated rings. The van der Waals surface area contributed by atoms with E-state index in [1.807, 2.05) is 6.92 Å². The zero-order valence-corrected chi connectivity index (χ0v) is 10.8. The molecule has 100 valence electrons. The minimum Gasteiger partial charge on any atom is -0.481 e. The van der Waals surface area contributed by atoms with Crippen LogP contribution in [0.3, 0.4) is 0 Å². The van der Waals surface area contributed by atoms with Gasteiger partial charge in [-0.25, -0.2) is 0 Å². The fourth-order valence-corrected chi connectivity index (χ4v) is 3.07. The van der Waals surface area contributed by atoms with Crippen LogP contribution >= 0.6 is 0 Å². The predicted molar refractivity (Wildman–Crippen MR) is 67.9 cm³/mol. The lowest BCUT2D eigenvalue weighted by molar-refractivity contribution is -0.138. The van der Waals surface area contributed by atoms with E-state index in [-0.39, 0.29) is 24.2 Å². The fraction of sp³-hybridized carbons (Fsp3) is 0.714. The molecule has 2 bridgehead atoms. The SMILES string of the molecule is CCC(CNC(=O)C1CC2C=CC1C2)CC(=O)O. The summed E-state index contributed by atoms with van der Waals surface area (Å²) in [5.74, 6) is 0.471. The zero-order valence-electron chi connectivity index (χ0n) is 10.8. The van der Waals surface area contributed by atoms with Gasteiger partial charge in [0.15, 0.2) is 0 Å². The Hall–Kier alpha value is -1.32. The van der Waals surface area contributed by atoms with E-state index in [1.54, 1.807) is 0 Å². The monoisotopic (exact) mass is 251 g/mol. The molecule has 4 heteroatoms. The molecule has 2 aliphatic carbocycles. The molecule has 2 aliphatic rings. The number of carboxylic acids is 1. The molecule has 1 amide bonds. The first-order chi connectivity index (χ1) is 8.60. The number of rotatable bonds is 6. The lowest BCUT2D eigenvalue weighted by Gasteiger charge is -2.20. The molecule has 0 heterocycles. The molecule has 0 aromatic carbocycles. The van der Waals surface area contributed by atoms with Crippen molar-refractivity contribution in [3.05, 3.63) is 12.2 Å². The second-order valence-corrected chi connectivity index (χ2v) is 5.50. The van der Waals surface area contributed by atoms with Gasteiger partial charge in [-0.3, -0.25) is 9.59 Å². The molecule has 4 nitrogen and oxygen atoms in total. The Labute approximate surface area is 107 Å². The van der Waals surface area contributed by atoms with Crippen LogP contribution in [-0.4, -0.2) is 23.5 Å². The molecule has 0 saturated heterocycles. The van der Waals surface area contributed by atoms with Gasteiger partial charge in [-0.05, 0) is 30.6 Å². The number of allylic oxidation sites excluding steroid dienone is 2. The van der Waals surface area contributed by atoms with E-state index in [1.165, 1.54) is 0 Å². The van der Waals surface area contributed by atoms with Crippen LogP contribution in [0.2, 0.25) is 0 Å². The maximum atomic E-state index is 12.0. The van der Waals surface area contributed by atoms with Crippen molar-refractivity contribution in [1.29, 1.82) is 0 Å². The third-order valence-electron chi connectivity index (χ3n) is 4.22. The summed E-state index contributed by atoms with van der Waals surface area (Å²) in [6.07, 6.45) is 7.37. The second-order valence-electron chi connectivity index (χ2n) is 5.50. The van der Waals surface area contributed by atoms with Gasteiger partial charge in [0.05, 0.1) is 0 Å². The van der Waals surface area contributed by atoms with Crippen molar-refractivity contribution in [2.75, 3.05) is 6.54 Å². The molecule has 0 aliphatic heterocycles. The van der Waals surface area contributed by atoms with Crippen LogP contribution in [0.1, 0.15) is 32.6 Å². The van der Waals surface area contributed by atoms with Crippen LogP contribution < -0.4 is 5.32 Å². The van der Waals surface area contributed by atoms with Crippen LogP contribution in [0.4, 0.5) is 0 Å². The van der Waals surface area contributed by atoms with Gasteiger partial charge in [0.25, 0.3) is 0 Å². The van der Waals surface area contributed by atoms with E-state index in [0.717, 1.165) is 19.3 Å². The van der Waals surface area contributed by atoms with E-state index in [2.05, 4.69) is 17.5 Å². The predicted octanol–water partition coefficient (Wildman–Crippen LogP) is 1.82. The number of aliphatic carboxylic acids is 1. The van der Waals surface area contributed by atoms with Crippen LogP contribution in [-0.2, 0) is 9.59 Å². The molecule has 4 unspecified atom stereocenters. The van der Waals surface area contributed by atoms with Crippen molar-refractivity contribution in [3.8, 4) is 0 Å². The number of amides is 1. The quantitative estimate of drug-likeness (QED) is 0.708. The average Bonchev–Trinajstić information content (AvgIpc) is 2.95. The largest absolute Gasteiger partial charge is 0.481 e. The van der Waals surface area contributed by atoms with Crippen molar-refractivity contribution < 1.29 is 14.7 Å². The number of carbonyl (C=O) groups is 2. The Balaban J connectivity index is 1.77. The first-order valence-electron chi connectivity index (χ1n) is 6.78. The number of hydrogen-bond acceptors (Lipinski definition) is 2. The van der Waals surface area contributed by atoms with Crippen molar-refractivity contribution in [1.82, 2.24) is 5.32 Å². The molecule has 0 aromatic rings. The van der Waals surface area contributed by atoms with Crippen LogP contribution in [0.25, 0.3) is 0 Å². The van der Waals surface area contributed by atoms with Crippen LogP contribution in [0.5, 0.6) is 0 Å². The molecule has 0 spiro atoms. The molecule has 0 radical (unpaired) electrons. The van der Waals surface area contributed by atoms with Gasteiger partial charge in [0.2, 0.25) is 5.91 Å². The lowest BCUT2D eigenvalue weighted by atomic mass is 9.92. The highest BCUT2D eigenvalue weighted by atomic mass is 16.4. The third-order valence-corrected chi connectivity index (χ3v) is 4.22. The second kappa shape index (κ2) is 5.55. The fourth-order valence-electron chi connectivity index (χ4n) is 3.07. The molecule has 1 saturated carbocycles. The summed E-state index contributed by atoms with van der Waals surface area (Å²) in [5, 5.41) is 11.7. The van der Waals surface area contributed by atoms with E-state index in [9.17, 15) is 9.59 Å². The van der Waals surface area contributed by atoms with Gasteiger partial charge in [0, 0.05) is 18.9 Å². The van der Waals surface area contributed by atoms with Gasteiger partial charge in [-0.15, -0.1) is 0 Å². The Bertz CT molecular complexity index is 364. The van der Waals surface area contributed by atoms with E-state index in [0.29, 0.717) is 18.4 Å². The van der Waals surface area contributed by atoms with E-state index >= 15 is 0 Å². The molecule has 0 aromatic heterocycles. The van der Waals surface area contributed by atoms with Crippen molar-refractivity contribution in [2.24, 2.45) is 23.7 Å². The van der Waals surface area contributed by atoms with Gasteiger partial charge in [-0.1, -0.05) is 25.5 Å². The molecular weight excluding hydrogens is 230 g/mol. The summed E-state index contributed by atoms with van der Waals surface area (Å²) in [6.45, 7) is 2.44. The first-order valence-corrected chi connectivity index (χ1v) is 6.78. The molecule has 4 atom stereocenters.